The van der Waals surface area contributed by atoms with Gasteiger partial charge >= 0.3 is 5.69 Å². The van der Waals surface area contributed by atoms with E-state index in [1.54, 1.807) is 31.4 Å². The van der Waals surface area contributed by atoms with Crippen molar-refractivity contribution in [2.24, 2.45) is 0 Å². The van der Waals surface area contributed by atoms with E-state index in [0.29, 0.717) is 11.5 Å². The Bertz CT molecular complexity index is 1620. The number of benzene rings is 1. The molecule has 0 bridgehead atoms. The highest BCUT2D eigenvalue weighted by Gasteiger charge is 2.63. The van der Waals surface area contributed by atoms with Crippen LogP contribution in [0.25, 0.3) is 0 Å². The number of aliphatic hydroxyl groups excluding tert-OH is 2. The predicted octanol–water partition coefficient (Wildman–Crippen LogP) is 3.25. The van der Waals surface area contributed by atoms with Gasteiger partial charge in [-0.2, -0.15) is 0 Å². The van der Waals surface area contributed by atoms with Gasteiger partial charge in [-0.3, -0.25) is 19.1 Å². The van der Waals surface area contributed by atoms with Crippen molar-refractivity contribution >= 4 is 22.5 Å². The van der Waals surface area contributed by atoms with Gasteiger partial charge in [0.05, 0.1) is 19.8 Å². The second-order valence-corrected chi connectivity index (χ2v) is 26.0. The lowest BCUT2D eigenvalue weighted by atomic mass is 10.0. The summed E-state index contributed by atoms with van der Waals surface area (Å²) in [5.41, 5.74) is -1.21. The third-order valence-electron chi connectivity index (χ3n) is 10.9. The van der Waals surface area contributed by atoms with E-state index in [4.69, 9.17) is 27.8 Å². The smallest absolute Gasteiger partial charge is 0.330 e. The first-order valence-electron chi connectivity index (χ1n) is 17.3. The molecule has 3 heterocycles. The van der Waals surface area contributed by atoms with Crippen LogP contribution in [-0.2, 0) is 23.1 Å². The van der Waals surface area contributed by atoms with E-state index < -0.39 is 89.3 Å². The first kappa shape index (κ1) is 40.9. The molecule has 1 amide bonds. The number of methoxy groups -OCH3 is 1. The molecule has 0 saturated carbocycles. The van der Waals surface area contributed by atoms with Crippen LogP contribution in [0.2, 0.25) is 36.3 Å². The number of aliphatic hydroxyl groups is 2. The molecular weight excluding hydrogens is 695 g/mol. The fraction of sp³-hybridized carbons (Fsp3) is 0.686. The van der Waals surface area contributed by atoms with Crippen molar-refractivity contribution in [2.45, 2.75) is 127 Å². The van der Waals surface area contributed by atoms with E-state index in [-0.39, 0.29) is 16.7 Å². The zero-order valence-corrected chi connectivity index (χ0v) is 34.0. The van der Waals surface area contributed by atoms with Crippen molar-refractivity contribution in [3.63, 3.8) is 0 Å². The summed E-state index contributed by atoms with van der Waals surface area (Å²) in [4.78, 5) is 42.9. The Morgan fingerprint density at radius 1 is 0.922 bits per heavy atom. The molecule has 0 aliphatic carbocycles. The molecule has 14 nitrogen and oxygen atoms in total. The summed E-state index contributed by atoms with van der Waals surface area (Å²) in [6.45, 7) is 20.4. The van der Waals surface area contributed by atoms with Gasteiger partial charge in [-0.25, -0.2) is 4.79 Å². The van der Waals surface area contributed by atoms with Gasteiger partial charge in [0.25, 0.3) is 11.5 Å². The summed E-state index contributed by atoms with van der Waals surface area (Å²) in [7, 11) is -1.98. The fourth-order valence-corrected chi connectivity index (χ4v) is 8.05. The molecular formula is C35H57N3O11Si2. The number of likely N-dealkylation sites (N-methyl/N-ethyl adjacent to an activating group) is 1. The molecule has 1 aromatic heterocycles. The standard InChI is InChI=1S/C35H57N3O11Si2/c1-34(2,3)50(9,10)48-28-26(47-32(38-18-17-25(41)36-33(38)43)30(28)49-51(11,12)35(4,5)6)27-29(46-27)31(42)37(7)23(24(40)19-39)20-45-22-15-13-21(44-8)14-16-22/h13-18,23-24,26-30,32,39-40H,19-20H2,1-12H3,(H,36,41,43)/t23-,24+,26-,27-,28-,29+,30-,32-/m1/s1. The van der Waals surface area contributed by atoms with Crippen molar-refractivity contribution < 1.29 is 42.8 Å². The Labute approximate surface area is 302 Å². The van der Waals surface area contributed by atoms with Gasteiger partial charge in [0.1, 0.15) is 48.6 Å². The third kappa shape index (κ3) is 9.04. The molecule has 4 rings (SSSR count). The number of hydrogen-bond donors (Lipinski definition) is 3. The highest BCUT2D eigenvalue weighted by atomic mass is 28.4. The first-order chi connectivity index (χ1) is 23.5. The van der Waals surface area contributed by atoms with E-state index in [1.807, 2.05) is 0 Å². The van der Waals surface area contributed by atoms with E-state index in [2.05, 4.69) is 72.7 Å². The molecule has 2 saturated heterocycles. The average Bonchev–Trinajstić information content (AvgIpc) is 3.76. The molecule has 3 N–H and O–H groups in total. The van der Waals surface area contributed by atoms with Crippen LogP contribution in [0.4, 0.5) is 0 Å². The number of aromatic amines is 1. The highest BCUT2D eigenvalue weighted by Crippen LogP contribution is 2.48. The average molecular weight is 752 g/mol. The number of nitrogens with one attached hydrogen (secondary N) is 1. The maximum atomic E-state index is 14.0. The number of hydrogen-bond acceptors (Lipinski definition) is 11. The number of H-pyrrole nitrogens is 1. The lowest BCUT2D eigenvalue weighted by Crippen LogP contribution is -2.55. The van der Waals surface area contributed by atoms with Crippen molar-refractivity contribution in [3.8, 4) is 11.5 Å². The quantitative estimate of drug-likeness (QED) is 0.191. The number of amides is 1. The summed E-state index contributed by atoms with van der Waals surface area (Å²) in [5, 5.41) is 20.2. The molecule has 1 aromatic carbocycles. The van der Waals surface area contributed by atoms with Gasteiger partial charge in [-0.05, 0) is 60.5 Å². The number of aromatic nitrogens is 2. The van der Waals surface area contributed by atoms with Gasteiger partial charge in [0.15, 0.2) is 29.0 Å². The molecule has 2 aliphatic heterocycles. The molecule has 2 aromatic rings. The van der Waals surface area contributed by atoms with Crippen LogP contribution in [0.1, 0.15) is 47.8 Å². The van der Waals surface area contributed by atoms with Crippen LogP contribution in [0.3, 0.4) is 0 Å². The third-order valence-corrected chi connectivity index (χ3v) is 19.8. The Kier molecular flexibility index (Phi) is 12.2. The Morgan fingerprint density at radius 3 is 1.98 bits per heavy atom. The van der Waals surface area contributed by atoms with Gasteiger partial charge in [-0.1, -0.05) is 41.5 Å². The Morgan fingerprint density at radius 2 is 1.47 bits per heavy atom. The van der Waals surface area contributed by atoms with Gasteiger partial charge < -0.3 is 42.9 Å². The number of nitrogens with zero attached hydrogens (tertiary/aromatic N) is 2. The van der Waals surface area contributed by atoms with E-state index in [1.165, 1.54) is 28.8 Å². The van der Waals surface area contributed by atoms with Gasteiger partial charge in [-0.15, -0.1) is 0 Å². The summed E-state index contributed by atoms with van der Waals surface area (Å²) in [6.07, 6.45) is -5.03. The van der Waals surface area contributed by atoms with Gasteiger partial charge in [0, 0.05) is 19.3 Å². The minimum Gasteiger partial charge on any atom is -0.497 e. The zero-order valence-electron chi connectivity index (χ0n) is 32.0. The van der Waals surface area contributed by atoms with E-state index >= 15 is 0 Å². The Balaban J connectivity index is 1.67. The summed E-state index contributed by atoms with van der Waals surface area (Å²) in [6, 6.07) is 7.20. The number of rotatable bonds is 14. The van der Waals surface area contributed by atoms with E-state index in [9.17, 15) is 24.6 Å². The van der Waals surface area contributed by atoms with E-state index in [0.717, 1.165) is 0 Å². The van der Waals surface area contributed by atoms with Crippen molar-refractivity contribution in [1.82, 2.24) is 14.5 Å². The SMILES string of the molecule is COc1ccc(OC[C@H]([C@@H](O)CO)N(C)C(=O)[C@H]2O[C@@H]2[C@H]2O[C@@H](n3ccc(=O)[nH]c3=O)[C@H](O[Si](C)(C)C(C)(C)C)[C@@H]2O[Si](C)(C)C(C)(C)C)cc1. The minimum atomic E-state index is -2.53. The van der Waals surface area contributed by atoms with Crippen LogP contribution < -0.4 is 20.7 Å². The van der Waals surface area contributed by atoms with Crippen LogP contribution in [0.15, 0.2) is 46.1 Å². The summed E-state index contributed by atoms with van der Waals surface area (Å²) >= 11 is 0. The molecule has 0 spiro atoms. The summed E-state index contributed by atoms with van der Waals surface area (Å²) < 4.78 is 39.2. The van der Waals surface area contributed by atoms with Crippen LogP contribution in [0.5, 0.6) is 11.5 Å². The lowest BCUT2D eigenvalue weighted by Gasteiger charge is -2.44. The first-order valence-corrected chi connectivity index (χ1v) is 23.1. The number of carbonyl (C=O) groups is 1. The highest BCUT2D eigenvalue weighted by molar-refractivity contribution is 6.74. The summed E-state index contributed by atoms with van der Waals surface area (Å²) in [5.74, 6) is 0.693. The molecule has 0 radical (unpaired) electrons. The molecule has 51 heavy (non-hydrogen) atoms. The molecule has 286 valence electrons. The molecule has 2 aliphatic rings. The van der Waals surface area contributed by atoms with Gasteiger partial charge in [0.2, 0.25) is 0 Å². The zero-order chi connectivity index (χ0) is 38.3. The second kappa shape index (κ2) is 15.3. The molecule has 0 unspecified atom stereocenters. The monoisotopic (exact) mass is 751 g/mol. The maximum Gasteiger partial charge on any atom is 0.330 e. The maximum absolute atomic E-state index is 14.0. The molecule has 16 heteroatoms. The number of epoxide rings is 1. The lowest BCUT2D eigenvalue weighted by molar-refractivity contribution is -0.137. The number of ether oxygens (including phenoxy) is 4. The van der Waals surface area contributed by atoms with Crippen LogP contribution in [-0.4, -0.2) is 117 Å². The molecule has 2 fully saturated rings. The second-order valence-electron chi connectivity index (χ2n) is 16.5. The van der Waals surface area contributed by atoms with Crippen molar-refractivity contribution in [2.75, 3.05) is 27.4 Å². The fourth-order valence-electron chi connectivity index (χ4n) is 5.47. The van der Waals surface area contributed by atoms with Crippen molar-refractivity contribution in [3.05, 3.63) is 57.4 Å². The predicted molar refractivity (Wildman–Crippen MR) is 196 cm³/mol. The Hall–Kier alpha value is -2.84. The molecule has 8 atom stereocenters. The topological polar surface area (TPSA) is 174 Å². The number of carbonyl (C=O) groups excluding carboxylic acids is 1. The van der Waals surface area contributed by atoms with Crippen LogP contribution >= 0.6 is 0 Å². The minimum absolute atomic E-state index is 0.107. The normalized spacial score (nSPS) is 25.3. The van der Waals surface area contributed by atoms with Crippen LogP contribution in [0, 0.1) is 0 Å². The van der Waals surface area contributed by atoms with Crippen molar-refractivity contribution in [1.29, 1.82) is 0 Å². The largest absolute Gasteiger partial charge is 0.497 e.